The number of aromatic nitrogens is 1. The molecule has 4 nitrogen and oxygen atoms in total. The van der Waals surface area contributed by atoms with Crippen LogP contribution in [0.5, 0.6) is 5.75 Å². The van der Waals surface area contributed by atoms with Gasteiger partial charge in [-0.15, -0.1) is 13.2 Å². The molecule has 0 amide bonds. The van der Waals surface area contributed by atoms with Gasteiger partial charge in [0.1, 0.15) is 5.75 Å². The highest BCUT2D eigenvalue weighted by molar-refractivity contribution is 14.1. The lowest BCUT2D eigenvalue weighted by molar-refractivity contribution is -0.275. The number of carbonyl (C=O) groups is 1. The summed E-state index contributed by atoms with van der Waals surface area (Å²) in [7, 11) is 1.12. The maximum atomic E-state index is 12.1. The van der Waals surface area contributed by atoms with Crippen LogP contribution in [0.3, 0.4) is 0 Å². The molecule has 0 aliphatic carbocycles. The lowest BCUT2D eigenvalue weighted by Crippen LogP contribution is -2.19. The third-order valence-corrected chi connectivity index (χ3v) is 2.70. The molecule has 1 rings (SSSR count). The normalized spacial score (nSPS) is 11.2. The van der Waals surface area contributed by atoms with Crippen LogP contribution < -0.4 is 4.74 Å². The van der Waals surface area contributed by atoms with Gasteiger partial charge in [-0.1, -0.05) is 0 Å². The number of hydrogen-bond donors (Lipinski definition) is 0. The van der Waals surface area contributed by atoms with Crippen molar-refractivity contribution in [1.82, 2.24) is 4.98 Å². The fourth-order valence-electron chi connectivity index (χ4n) is 1.06. The van der Waals surface area contributed by atoms with Crippen LogP contribution in [0.1, 0.15) is 16.2 Å². The van der Waals surface area contributed by atoms with Crippen molar-refractivity contribution in [3.8, 4) is 5.75 Å². The molecule has 1 heterocycles. The fourth-order valence-corrected chi connectivity index (χ4v) is 1.66. The number of rotatable bonds is 2. The fraction of sp³-hybridized carbons (Fsp3) is 0.333. The van der Waals surface area contributed by atoms with Crippen LogP contribution in [0.4, 0.5) is 13.2 Å². The van der Waals surface area contributed by atoms with Gasteiger partial charge in [0, 0.05) is 11.8 Å². The Morgan fingerprint density at radius 3 is 2.53 bits per heavy atom. The van der Waals surface area contributed by atoms with E-state index in [0.29, 0.717) is 0 Å². The number of esters is 1. The molecule has 0 aliphatic heterocycles. The summed E-state index contributed by atoms with van der Waals surface area (Å²) < 4.78 is 44.5. The lowest BCUT2D eigenvalue weighted by atomic mass is 10.3. The Bertz CT molecular complexity index is 448. The summed E-state index contributed by atoms with van der Waals surface area (Å²) >= 11 is 1.55. The van der Waals surface area contributed by atoms with Crippen molar-refractivity contribution < 1.29 is 27.4 Å². The second kappa shape index (κ2) is 5.07. The van der Waals surface area contributed by atoms with Gasteiger partial charge in [-0.05, 0) is 29.5 Å². The minimum absolute atomic E-state index is 0.0441. The molecule has 0 saturated carbocycles. The Labute approximate surface area is 108 Å². The van der Waals surface area contributed by atoms with E-state index in [4.69, 9.17) is 0 Å². The second-order valence-electron chi connectivity index (χ2n) is 2.96. The van der Waals surface area contributed by atoms with E-state index >= 15 is 0 Å². The Morgan fingerprint density at radius 1 is 1.47 bits per heavy atom. The molecule has 0 radical (unpaired) electrons. The van der Waals surface area contributed by atoms with Gasteiger partial charge in [-0.25, -0.2) is 9.78 Å². The van der Waals surface area contributed by atoms with Crippen LogP contribution in [-0.4, -0.2) is 24.4 Å². The van der Waals surface area contributed by atoms with E-state index in [2.05, 4.69) is 14.5 Å². The summed E-state index contributed by atoms with van der Waals surface area (Å²) in [6, 6.07) is 1.10. The summed E-state index contributed by atoms with van der Waals surface area (Å²) in [5.41, 5.74) is 0.0254. The topological polar surface area (TPSA) is 48.4 Å². The van der Waals surface area contributed by atoms with Gasteiger partial charge in [0.25, 0.3) is 0 Å². The molecular weight excluding hydrogens is 354 g/mol. The number of alkyl halides is 3. The summed E-state index contributed by atoms with van der Waals surface area (Å²) in [4.78, 5) is 15.1. The van der Waals surface area contributed by atoms with Crippen molar-refractivity contribution >= 4 is 28.6 Å². The summed E-state index contributed by atoms with van der Waals surface area (Å²) in [5.74, 6) is -1.28. The highest BCUT2D eigenvalue weighted by Gasteiger charge is 2.33. The van der Waals surface area contributed by atoms with Crippen LogP contribution in [0.2, 0.25) is 0 Å². The van der Waals surface area contributed by atoms with Crippen molar-refractivity contribution in [3.63, 3.8) is 0 Å². The molecular formula is C9H7F3INO3. The molecule has 0 aliphatic rings. The van der Waals surface area contributed by atoms with Crippen LogP contribution in [0.25, 0.3) is 0 Å². The van der Waals surface area contributed by atoms with Crippen LogP contribution >= 0.6 is 22.6 Å². The molecule has 0 N–H and O–H groups in total. The average Bonchev–Trinajstić information content (AvgIpc) is 2.19. The maximum Gasteiger partial charge on any atom is 0.573 e. The largest absolute Gasteiger partial charge is 0.573 e. The zero-order valence-electron chi connectivity index (χ0n) is 8.76. The zero-order valence-corrected chi connectivity index (χ0v) is 10.9. The van der Waals surface area contributed by atoms with Gasteiger partial charge in [0.05, 0.1) is 10.7 Å². The number of hydrogen-bond acceptors (Lipinski definition) is 4. The minimum Gasteiger partial charge on any atom is -0.464 e. The lowest BCUT2D eigenvalue weighted by Gasteiger charge is -2.12. The maximum absolute atomic E-state index is 12.1. The highest BCUT2D eigenvalue weighted by atomic mass is 127. The number of halogens is 4. The van der Waals surface area contributed by atoms with Crippen LogP contribution in [-0.2, 0) is 4.74 Å². The highest BCUT2D eigenvalue weighted by Crippen LogP contribution is 2.30. The summed E-state index contributed by atoms with van der Waals surface area (Å²) in [6.07, 6.45) is -4.82. The molecule has 0 bridgehead atoms. The number of pyridine rings is 1. The van der Waals surface area contributed by atoms with E-state index in [1.54, 1.807) is 22.6 Å². The van der Waals surface area contributed by atoms with Gasteiger partial charge in [0.15, 0.2) is 5.69 Å². The molecule has 0 saturated heterocycles. The molecule has 94 valence electrons. The van der Waals surface area contributed by atoms with Crippen LogP contribution in [0.15, 0.2) is 6.07 Å². The number of nitrogens with zero attached hydrogens (tertiary/aromatic N) is 1. The van der Waals surface area contributed by atoms with Crippen molar-refractivity contribution in [1.29, 1.82) is 0 Å². The van der Waals surface area contributed by atoms with E-state index in [1.807, 2.05) is 0 Å². The first-order valence-corrected chi connectivity index (χ1v) is 5.33. The first-order chi connectivity index (χ1) is 7.74. The Kier molecular flexibility index (Phi) is 4.17. The SMILES string of the molecule is COC(=O)c1nc(C)cc(OC(F)(F)F)c1I. The first kappa shape index (κ1) is 14.0. The van der Waals surface area contributed by atoms with Crippen molar-refractivity contribution in [2.45, 2.75) is 13.3 Å². The minimum atomic E-state index is -4.82. The third kappa shape index (κ3) is 3.72. The Hall–Kier alpha value is -1.06. The van der Waals surface area contributed by atoms with Crippen LogP contribution in [0, 0.1) is 10.5 Å². The molecule has 17 heavy (non-hydrogen) atoms. The number of methoxy groups -OCH3 is 1. The predicted molar refractivity (Wildman–Crippen MR) is 59.7 cm³/mol. The van der Waals surface area contributed by atoms with Gasteiger partial charge in [0.2, 0.25) is 0 Å². The molecule has 0 atom stereocenters. The molecule has 0 aromatic carbocycles. The van der Waals surface area contributed by atoms with Crippen molar-refractivity contribution in [2.75, 3.05) is 7.11 Å². The first-order valence-electron chi connectivity index (χ1n) is 4.26. The Morgan fingerprint density at radius 2 is 2.06 bits per heavy atom. The van der Waals surface area contributed by atoms with E-state index in [9.17, 15) is 18.0 Å². The van der Waals surface area contributed by atoms with Crippen molar-refractivity contribution in [3.05, 3.63) is 21.0 Å². The Balaban J connectivity index is 3.24. The third-order valence-electron chi connectivity index (χ3n) is 1.66. The van der Waals surface area contributed by atoms with E-state index in [-0.39, 0.29) is 15.0 Å². The summed E-state index contributed by atoms with van der Waals surface area (Å²) in [6.45, 7) is 1.45. The molecule has 8 heteroatoms. The molecule has 1 aromatic rings. The number of ether oxygens (including phenoxy) is 2. The predicted octanol–water partition coefficient (Wildman–Crippen LogP) is 2.68. The molecule has 0 fully saturated rings. The van der Waals surface area contributed by atoms with Gasteiger partial charge < -0.3 is 9.47 Å². The van der Waals surface area contributed by atoms with Crippen molar-refractivity contribution in [2.24, 2.45) is 0 Å². The zero-order chi connectivity index (χ0) is 13.2. The summed E-state index contributed by atoms with van der Waals surface area (Å²) in [5, 5.41) is 0. The van der Waals surface area contributed by atoms with Gasteiger partial charge in [-0.2, -0.15) is 0 Å². The van der Waals surface area contributed by atoms with E-state index in [0.717, 1.165) is 13.2 Å². The molecule has 0 spiro atoms. The number of aryl methyl sites for hydroxylation is 1. The number of carbonyl (C=O) groups excluding carboxylic acids is 1. The van der Waals surface area contributed by atoms with E-state index in [1.165, 1.54) is 6.92 Å². The quantitative estimate of drug-likeness (QED) is 0.601. The second-order valence-corrected chi connectivity index (χ2v) is 4.04. The average molecular weight is 361 g/mol. The monoisotopic (exact) mass is 361 g/mol. The van der Waals surface area contributed by atoms with Gasteiger partial charge >= 0.3 is 12.3 Å². The standard InChI is InChI=1S/C9H7F3INO3/c1-4-3-5(17-9(10,11)12)6(13)7(14-4)8(15)16-2/h3H,1-2H3. The molecule has 0 unspecified atom stereocenters. The van der Waals surface area contributed by atoms with Gasteiger partial charge in [-0.3, -0.25) is 0 Å². The molecule has 1 aromatic heterocycles. The smallest absolute Gasteiger partial charge is 0.464 e. The van der Waals surface area contributed by atoms with E-state index < -0.39 is 18.1 Å².